The van der Waals surface area contributed by atoms with E-state index in [1.165, 1.54) is 11.1 Å². The topological polar surface area (TPSA) is 86.3 Å². The highest BCUT2D eigenvalue weighted by Gasteiger charge is 2.44. The summed E-state index contributed by atoms with van der Waals surface area (Å²) in [5.74, 6) is 1.95. The smallest absolute Gasteiger partial charge is 0.263 e. The second-order valence-electron chi connectivity index (χ2n) is 14.1. The predicted octanol–water partition coefficient (Wildman–Crippen LogP) is 6.91. The zero-order chi connectivity index (χ0) is 33.1. The van der Waals surface area contributed by atoms with Crippen LogP contribution in [0.4, 0.5) is 5.69 Å². The first-order valence-electron chi connectivity index (χ1n) is 17.5. The Kier molecular flexibility index (Phi) is 11.5. The third-order valence-corrected chi connectivity index (χ3v) is 12.9. The van der Waals surface area contributed by atoms with Gasteiger partial charge < -0.3 is 23.8 Å². The lowest BCUT2D eigenvalue weighted by Gasteiger charge is -2.48. The number of halogens is 1. The van der Waals surface area contributed by atoms with Crippen molar-refractivity contribution in [2.24, 2.45) is 23.7 Å². The standard InChI is InChI=1S/C37H51ClN2O6S/c1-5-7-25-16-29(38)12-14-31(25)28-19-40-18-27-10-13-32(27)33(37-45-21-30(43-4)22-46-37)9-6-8-23(2)24(3)47(42)39-36(41)26-11-15-35(44-20-28)34(40)17-26/h11-12,14-17,23-24,27-28,30,32-33,37H,5-10,13,18-22H2,1-4H3,(H,39,41). The van der Waals surface area contributed by atoms with Crippen LogP contribution in [-0.4, -0.2) is 67.8 Å². The summed E-state index contributed by atoms with van der Waals surface area (Å²) >= 11 is 6.46. The SMILES string of the molecule is CCCc1cc(Cl)ccc1C1COc2ccc3cc2N(C1)CC1CCC1C(C1OCC(OC)CO1)CCCC(C)C(C)S(=O)NC3=O. The lowest BCUT2D eigenvalue weighted by molar-refractivity contribution is -0.255. The highest BCUT2D eigenvalue weighted by molar-refractivity contribution is 7.84. The number of nitrogens with zero attached hydrogens (tertiary/aromatic N) is 1. The number of hydrogen-bond acceptors (Lipinski definition) is 7. The Bertz CT molecular complexity index is 1420. The Hall–Kier alpha value is -2.17. The summed E-state index contributed by atoms with van der Waals surface area (Å²) in [6.07, 6.45) is 6.88. The molecule has 0 aromatic heterocycles. The van der Waals surface area contributed by atoms with Crippen LogP contribution in [0.2, 0.25) is 5.02 Å². The van der Waals surface area contributed by atoms with Crippen LogP contribution in [-0.2, 0) is 31.6 Å². The molecule has 1 N–H and O–H groups in total. The van der Waals surface area contributed by atoms with E-state index in [0.717, 1.165) is 74.5 Å². The van der Waals surface area contributed by atoms with Gasteiger partial charge in [0.2, 0.25) is 0 Å². The van der Waals surface area contributed by atoms with Crippen LogP contribution >= 0.6 is 11.6 Å². The minimum absolute atomic E-state index is 0.0362. The van der Waals surface area contributed by atoms with Crippen molar-refractivity contribution in [1.29, 1.82) is 0 Å². The molecule has 3 heterocycles. The van der Waals surface area contributed by atoms with Gasteiger partial charge in [0.05, 0.1) is 30.8 Å². The molecule has 258 valence electrons. The Morgan fingerprint density at radius 2 is 1.81 bits per heavy atom. The third kappa shape index (κ3) is 7.85. The van der Waals surface area contributed by atoms with E-state index in [4.69, 9.17) is 30.5 Å². The molecule has 8 nitrogen and oxygen atoms in total. The van der Waals surface area contributed by atoms with Gasteiger partial charge in [-0.1, -0.05) is 44.4 Å². The van der Waals surface area contributed by atoms with Crippen molar-refractivity contribution in [3.63, 3.8) is 0 Å². The van der Waals surface area contributed by atoms with E-state index in [1.807, 2.05) is 25.1 Å². The molecule has 1 saturated carbocycles. The summed E-state index contributed by atoms with van der Waals surface area (Å²) in [4.78, 5) is 15.9. The van der Waals surface area contributed by atoms with Crippen LogP contribution in [0, 0.1) is 23.7 Å². The summed E-state index contributed by atoms with van der Waals surface area (Å²) in [6, 6.07) is 11.9. The fourth-order valence-corrected chi connectivity index (χ4v) is 9.16. The summed E-state index contributed by atoms with van der Waals surface area (Å²) in [5.41, 5.74) is 3.95. The lowest BCUT2D eigenvalue weighted by Crippen LogP contribution is -2.49. The largest absolute Gasteiger partial charge is 0.491 e. The number of methoxy groups -OCH3 is 1. The van der Waals surface area contributed by atoms with Gasteiger partial charge in [-0.3, -0.25) is 9.52 Å². The number of anilines is 1. The van der Waals surface area contributed by atoms with Crippen molar-refractivity contribution >= 4 is 34.2 Å². The maximum Gasteiger partial charge on any atom is 0.263 e. The van der Waals surface area contributed by atoms with E-state index in [1.54, 1.807) is 13.2 Å². The van der Waals surface area contributed by atoms with Gasteiger partial charge in [0.25, 0.3) is 5.91 Å². The number of fused-ring (bicyclic) bond motifs is 2. The van der Waals surface area contributed by atoms with Crippen LogP contribution in [0.25, 0.3) is 0 Å². The van der Waals surface area contributed by atoms with E-state index >= 15 is 0 Å². The van der Waals surface area contributed by atoms with Crippen LogP contribution in [0.1, 0.15) is 86.7 Å². The molecule has 4 aliphatic rings. The van der Waals surface area contributed by atoms with E-state index in [9.17, 15) is 9.00 Å². The summed E-state index contributed by atoms with van der Waals surface area (Å²) < 4.78 is 40.8. The van der Waals surface area contributed by atoms with Crippen molar-refractivity contribution in [3.05, 3.63) is 58.1 Å². The van der Waals surface area contributed by atoms with Crippen LogP contribution < -0.4 is 14.4 Å². The zero-order valence-electron chi connectivity index (χ0n) is 28.3. The van der Waals surface area contributed by atoms with Gasteiger partial charge in [0.15, 0.2) is 6.29 Å². The van der Waals surface area contributed by atoms with Crippen LogP contribution in [0.3, 0.4) is 0 Å². The molecule has 0 radical (unpaired) electrons. The number of nitrogens with one attached hydrogen (secondary N) is 1. The number of ether oxygens (including phenoxy) is 4. The van der Waals surface area contributed by atoms with Crippen molar-refractivity contribution in [3.8, 4) is 5.75 Å². The molecule has 7 unspecified atom stereocenters. The molecule has 0 spiro atoms. The van der Waals surface area contributed by atoms with E-state index in [-0.39, 0.29) is 41.3 Å². The van der Waals surface area contributed by atoms with Crippen LogP contribution in [0.15, 0.2) is 36.4 Å². The molecule has 2 bridgehead atoms. The van der Waals surface area contributed by atoms with Gasteiger partial charge in [0, 0.05) is 42.6 Å². The summed E-state index contributed by atoms with van der Waals surface area (Å²) in [5, 5.41) is 0.577. The van der Waals surface area contributed by atoms with E-state index in [2.05, 4.69) is 35.6 Å². The number of rotatable bonds is 5. The van der Waals surface area contributed by atoms with E-state index in [0.29, 0.717) is 37.2 Å². The summed E-state index contributed by atoms with van der Waals surface area (Å²) in [6.45, 7) is 9.54. The van der Waals surface area contributed by atoms with Crippen LogP contribution in [0.5, 0.6) is 5.75 Å². The molecule has 47 heavy (non-hydrogen) atoms. The molecule has 2 aromatic carbocycles. The molecular weight excluding hydrogens is 636 g/mol. The first-order chi connectivity index (χ1) is 22.7. The number of benzene rings is 2. The molecule has 3 aliphatic heterocycles. The molecule has 10 heteroatoms. The number of hydrogen-bond donors (Lipinski definition) is 1. The first kappa shape index (κ1) is 34.7. The van der Waals surface area contributed by atoms with Crippen molar-refractivity contribution in [1.82, 2.24) is 4.72 Å². The molecule has 2 aromatic rings. The molecule has 7 atom stereocenters. The Balaban J connectivity index is 1.35. The second kappa shape index (κ2) is 15.6. The van der Waals surface area contributed by atoms with Crippen molar-refractivity contribution in [2.75, 3.05) is 44.9 Å². The van der Waals surface area contributed by atoms with Gasteiger partial charge in [-0.15, -0.1) is 0 Å². The third-order valence-electron chi connectivity index (χ3n) is 11.1. The van der Waals surface area contributed by atoms with Crippen molar-refractivity contribution < 1.29 is 28.0 Å². The second-order valence-corrected chi connectivity index (χ2v) is 16.1. The van der Waals surface area contributed by atoms with Gasteiger partial charge in [-0.25, -0.2) is 4.21 Å². The molecule has 1 amide bonds. The molecule has 1 aliphatic carbocycles. The maximum absolute atomic E-state index is 13.5. The lowest BCUT2D eigenvalue weighted by atomic mass is 9.65. The average Bonchev–Trinajstić information content (AvgIpc) is 3.24. The normalized spacial score (nSPS) is 33.5. The maximum atomic E-state index is 13.5. The van der Waals surface area contributed by atoms with Gasteiger partial charge in [-0.2, -0.15) is 0 Å². The molecule has 2 fully saturated rings. The molecule has 6 rings (SSSR count). The van der Waals surface area contributed by atoms with Gasteiger partial charge >= 0.3 is 0 Å². The number of carbonyl (C=O) groups excluding carboxylic acids is 1. The highest BCUT2D eigenvalue weighted by atomic mass is 35.5. The quantitative estimate of drug-likeness (QED) is 0.366. The first-order valence-corrected chi connectivity index (χ1v) is 19.1. The minimum Gasteiger partial charge on any atom is -0.491 e. The highest BCUT2D eigenvalue weighted by Crippen LogP contribution is 2.47. The Labute approximate surface area is 287 Å². The number of carbonyl (C=O) groups is 1. The zero-order valence-corrected chi connectivity index (χ0v) is 29.8. The minimum atomic E-state index is -1.51. The number of amides is 1. The Morgan fingerprint density at radius 3 is 2.53 bits per heavy atom. The van der Waals surface area contributed by atoms with Gasteiger partial charge in [0.1, 0.15) is 22.8 Å². The monoisotopic (exact) mass is 686 g/mol. The van der Waals surface area contributed by atoms with Gasteiger partial charge in [-0.05, 0) is 98.2 Å². The number of aryl methyl sites for hydroxylation is 1. The van der Waals surface area contributed by atoms with Crippen molar-refractivity contribution in [2.45, 2.75) is 89.3 Å². The van der Waals surface area contributed by atoms with E-state index < -0.39 is 11.0 Å². The average molecular weight is 687 g/mol. The summed E-state index contributed by atoms with van der Waals surface area (Å²) in [7, 11) is 0.198. The fourth-order valence-electron chi connectivity index (χ4n) is 7.92. The predicted molar refractivity (Wildman–Crippen MR) is 187 cm³/mol. The molecule has 1 saturated heterocycles. The fraction of sp³-hybridized carbons (Fsp3) is 0.649. The Morgan fingerprint density at radius 1 is 1.00 bits per heavy atom. The molecular formula is C37H51ClN2O6S.